The molecule has 2 aliphatic heterocycles. The highest BCUT2D eigenvalue weighted by molar-refractivity contribution is 8.00. The van der Waals surface area contributed by atoms with Crippen molar-refractivity contribution < 1.29 is 0 Å². The Bertz CT molecular complexity index is 1900. The van der Waals surface area contributed by atoms with Gasteiger partial charge in [-0.1, -0.05) is 84.6 Å². The Morgan fingerprint density at radius 2 is 1.50 bits per heavy atom. The van der Waals surface area contributed by atoms with E-state index in [9.17, 15) is 0 Å². The van der Waals surface area contributed by atoms with E-state index in [1.807, 2.05) is 23.9 Å². The van der Waals surface area contributed by atoms with Crippen LogP contribution in [0.15, 0.2) is 120 Å². The van der Waals surface area contributed by atoms with E-state index in [4.69, 9.17) is 9.97 Å². The number of fused-ring (bicyclic) bond motifs is 4. The topological polar surface area (TPSA) is 54.8 Å². The fourth-order valence-electron chi connectivity index (χ4n) is 5.58. The average molecular weight is 536 g/mol. The molecule has 1 atom stereocenters. The Hall–Kier alpha value is -4.81. The third kappa shape index (κ3) is 3.88. The van der Waals surface area contributed by atoms with Crippen LogP contribution in [-0.4, -0.2) is 21.1 Å². The van der Waals surface area contributed by atoms with E-state index >= 15 is 0 Å². The van der Waals surface area contributed by atoms with Crippen molar-refractivity contribution in [1.29, 1.82) is 0 Å². The van der Waals surface area contributed by atoms with Gasteiger partial charge in [0.15, 0.2) is 0 Å². The fraction of sp³-hybridized carbons (Fsp3) is 0.0588. The zero-order chi connectivity index (χ0) is 26.5. The number of nitrogens with zero attached hydrogens (tertiary/aromatic N) is 3. The molecular formula is C34H25N5S. The minimum absolute atomic E-state index is 0.221. The third-order valence-corrected chi connectivity index (χ3v) is 8.72. The summed E-state index contributed by atoms with van der Waals surface area (Å²) >= 11 is 1.85. The van der Waals surface area contributed by atoms with Crippen molar-refractivity contribution in [1.82, 2.24) is 14.5 Å². The quantitative estimate of drug-likeness (QED) is 0.237. The summed E-state index contributed by atoms with van der Waals surface area (Å²) in [5.41, 5.74) is 9.58. The predicted molar refractivity (Wildman–Crippen MR) is 166 cm³/mol. The predicted octanol–water partition coefficient (Wildman–Crippen LogP) is 8.41. The van der Waals surface area contributed by atoms with Crippen molar-refractivity contribution in [3.8, 4) is 28.5 Å². The van der Waals surface area contributed by atoms with E-state index in [1.165, 1.54) is 21.5 Å². The van der Waals surface area contributed by atoms with Crippen molar-refractivity contribution in [2.24, 2.45) is 0 Å². The average Bonchev–Trinajstić information content (AvgIpc) is 3.61. The smallest absolute Gasteiger partial charge is 0.138 e. The Morgan fingerprint density at radius 1 is 0.725 bits per heavy atom. The second-order valence-corrected chi connectivity index (χ2v) is 11.1. The summed E-state index contributed by atoms with van der Waals surface area (Å²) < 4.78 is 2.23. The van der Waals surface area contributed by atoms with E-state index in [0.29, 0.717) is 0 Å². The van der Waals surface area contributed by atoms with E-state index in [1.54, 1.807) is 0 Å². The van der Waals surface area contributed by atoms with Crippen LogP contribution in [0.3, 0.4) is 0 Å². The lowest BCUT2D eigenvalue weighted by atomic mass is 10.1. The van der Waals surface area contributed by atoms with Crippen molar-refractivity contribution in [2.75, 3.05) is 17.2 Å². The molecule has 0 bridgehead atoms. The first kappa shape index (κ1) is 23.1. The van der Waals surface area contributed by atoms with Crippen molar-refractivity contribution >= 4 is 40.1 Å². The number of pyridine rings is 2. The molecule has 3 aromatic carbocycles. The molecule has 0 amide bonds. The minimum atomic E-state index is 0.221. The van der Waals surface area contributed by atoms with Crippen LogP contribution in [0.5, 0.6) is 0 Å². The fourth-order valence-corrected chi connectivity index (χ4v) is 6.72. The van der Waals surface area contributed by atoms with Crippen LogP contribution < -0.4 is 10.6 Å². The number of hydrogen-bond acceptors (Lipinski definition) is 5. The maximum atomic E-state index is 5.09. The molecule has 0 aliphatic carbocycles. The number of para-hydroxylation sites is 2. The summed E-state index contributed by atoms with van der Waals surface area (Å²) in [5, 5.41) is 8.58. The van der Waals surface area contributed by atoms with Gasteiger partial charge in [-0.15, -0.1) is 0 Å². The zero-order valence-corrected chi connectivity index (χ0v) is 22.4. The highest BCUT2D eigenvalue weighted by Crippen LogP contribution is 2.46. The second kappa shape index (κ2) is 9.43. The maximum absolute atomic E-state index is 5.09. The van der Waals surface area contributed by atoms with Crippen LogP contribution in [0.4, 0.5) is 11.4 Å². The monoisotopic (exact) mass is 535 g/mol. The normalized spacial score (nSPS) is 15.3. The number of benzene rings is 3. The number of aromatic nitrogens is 3. The molecule has 0 fully saturated rings. The molecule has 5 nitrogen and oxygen atoms in total. The molecular weight excluding hydrogens is 510 g/mol. The molecule has 0 saturated carbocycles. The first-order chi connectivity index (χ1) is 19.8. The molecule has 8 rings (SSSR count). The van der Waals surface area contributed by atoms with Gasteiger partial charge in [0.1, 0.15) is 11.2 Å². The minimum Gasteiger partial charge on any atom is -0.379 e. The van der Waals surface area contributed by atoms with Gasteiger partial charge in [0, 0.05) is 28.1 Å². The van der Waals surface area contributed by atoms with E-state index in [0.717, 1.165) is 51.9 Å². The molecule has 2 N–H and O–H groups in total. The SMILES string of the molecule is C1=Cc2c(c3ccccc3n2-c2cccc(-c3cccc(-c4ccc(C5Nc6ccccc6S5)cc4)n3)n2)NC1. The summed E-state index contributed by atoms with van der Waals surface area (Å²) in [5.74, 6) is 0.877. The van der Waals surface area contributed by atoms with Gasteiger partial charge in [-0.3, -0.25) is 4.57 Å². The van der Waals surface area contributed by atoms with Crippen molar-refractivity contribution in [3.63, 3.8) is 0 Å². The van der Waals surface area contributed by atoms with Crippen molar-refractivity contribution in [2.45, 2.75) is 10.3 Å². The lowest BCUT2D eigenvalue weighted by Crippen LogP contribution is -2.07. The second-order valence-electron chi connectivity index (χ2n) is 9.95. The number of nitrogens with one attached hydrogen (secondary N) is 2. The summed E-state index contributed by atoms with van der Waals surface area (Å²) in [4.78, 5) is 11.4. The number of thioether (sulfide) groups is 1. The Morgan fingerprint density at radius 3 is 2.40 bits per heavy atom. The maximum Gasteiger partial charge on any atom is 0.138 e. The molecule has 40 heavy (non-hydrogen) atoms. The summed E-state index contributed by atoms with van der Waals surface area (Å²) in [6, 6.07) is 38.0. The van der Waals surface area contributed by atoms with Gasteiger partial charge in [-0.05, 0) is 54.1 Å². The van der Waals surface area contributed by atoms with Gasteiger partial charge < -0.3 is 10.6 Å². The molecule has 2 aliphatic rings. The Kier molecular flexibility index (Phi) is 5.45. The van der Waals surface area contributed by atoms with Gasteiger partial charge in [0.05, 0.1) is 34.0 Å². The van der Waals surface area contributed by atoms with Gasteiger partial charge in [0.25, 0.3) is 0 Å². The molecule has 6 heteroatoms. The van der Waals surface area contributed by atoms with E-state index in [2.05, 4.69) is 124 Å². The van der Waals surface area contributed by atoms with Crippen LogP contribution in [0.1, 0.15) is 16.6 Å². The number of anilines is 2. The van der Waals surface area contributed by atoms with Gasteiger partial charge in [-0.2, -0.15) is 0 Å². The molecule has 3 aromatic heterocycles. The van der Waals surface area contributed by atoms with Gasteiger partial charge in [0.2, 0.25) is 0 Å². The Labute approximate surface area is 236 Å². The first-order valence-electron chi connectivity index (χ1n) is 13.4. The molecule has 192 valence electrons. The van der Waals surface area contributed by atoms with E-state index in [-0.39, 0.29) is 5.37 Å². The van der Waals surface area contributed by atoms with Crippen molar-refractivity contribution in [3.05, 3.63) is 127 Å². The molecule has 5 heterocycles. The van der Waals surface area contributed by atoms with Crippen LogP contribution in [0, 0.1) is 0 Å². The lowest BCUT2D eigenvalue weighted by molar-refractivity contribution is 1.02. The van der Waals surface area contributed by atoms with Crippen LogP contribution in [0.25, 0.3) is 45.4 Å². The number of rotatable bonds is 4. The molecule has 0 spiro atoms. The molecule has 6 aromatic rings. The highest BCUT2D eigenvalue weighted by Gasteiger charge is 2.22. The highest BCUT2D eigenvalue weighted by atomic mass is 32.2. The lowest BCUT2D eigenvalue weighted by Gasteiger charge is -2.13. The van der Waals surface area contributed by atoms with E-state index < -0.39 is 0 Å². The third-order valence-electron chi connectivity index (χ3n) is 7.49. The van der Waals surface area contributed by atoms with Crippen LogP contribution in [0.2, 0.25) is 0 Å². The van der Waals surface area contributed by atoms with Gasteiger partial charge >= 0.3 is 0 Å². The van der Waals surface area contributed by atoms with Crippen LogP contribution >= 0.6 is 11.8 Å². The largest absolute Gasteiger partial charge is 0.379 e. The number of hydrogen-bond donors (Lipinski definition) is 2. The zero-order valence-electron chi connectivity index (χ0n) is 21.6. The van der Waals surface area contributed by atoms with Gasteiger partial charge in [-0.25, -0.2) is 9.97 Å². The summed E-state index contributed by atoms with van der Waals surface area (Å²) in [6.45, 7) is 0.829. The summed E-state index contributed by atoms with van der Waals surface area (Å²) in [7, 11) is 0. The first-order valence-corrected chi connectivity index (χ1v) is 14.3. The molecule has 1 unspecified atom stereocenters. The Balaban J connectivity index is 1.12. The molecule has 0 saturated heterocycles. The molecule has 0 radical (unpaired) electrons. The summed E-state index contributed by atoms with van der Waals surface area (Å²) in [6.07, 6.45) is 4.33. The van der Waals surface area contributed by atoms with Crippen LogP contribution in [-0.2, 0) is 0 Å². The standard InChI is InChI=1S/C34H25N5S/c1-3-13-29-24(8-1)33-30(14-7-21-35-33)39(29)32-16-6-12-27(37-32)26-11-5-10-25(36-26)22-17-19-23(20-18-22)34-38-28-9-2-4-15-31(28)40-34/h1-20,34-35,38H,21H2.